The number of imidazole rings is 1. The molecule has 10 rings (SSSR count). The molecule has 3 aromatic carbocycles. The molecule has 0 bridgehead atoms. The van der Waals surface area contributed by atoms with Gasteiger partial charge in [0.2, 0.25) is 11.8 Å². The van der Waals surface area contributed by atoms with Crippen LogP contribution in [-0.2, 0) is 36.8 Å². The van der Waals surface area contributed by atoms with Gasteiger partial charge in [0.25, 0.3) is 0 Å². The van der Waals surface area contributed by atoms with Gasteiger partial charge in [-0.2, -0.15) is 0 Å². The minimum Gasteiger partial charge on any atom is -0.488 e. The molecule has 8 atom stereocenters. The number of ether oxygens (including phenoxy) is 4. The number of aliphatic imine (C=N–C) groups is 1. The van der Waals surface area contributed by atoms with Crippen molar-refractivity contribution in [3.05, 3.63) is 65.6 Å². The number of nitrogens with one attached hydrogen (secondary N) is 3. The van der Waals surface area contributed by atoms with Crippen LogP contribution in [0.2, 0.25) is 0 Å². The molecule has 3 saturated heterocycles. The number of hydrogen-bond donors (Lipinski definition) is 3. The normalized spacial score (nSPS) is 24.6. The van der Waals surface area contributed by atoms with Crippen molar-refractivity contribution >= 4 is 46.2 Å². The van der Waals surface area contributed by atoms with Gasteiger partial charge in [-0.3, -0.25) is 14.6 Å². The lowest BCUT2D eigenvalue weighted by atomic mass is 9.90. The molecule has 1 aliphatic carbocycles. The maximum atomic E-state index is 14.5. The summed E-state index contributed by atoms with van der Waals surface area (Å²) in [5, 5.41) is 7.92. The molecule has 0 spiro atoms. The molecule has 5 aliphatic heterocycles. The first kappa shape index (κ1) is 43.9. The quantitative estimate of drug-likeness (QED) is 0.142. The summed E-state index contributed by atoms with van der Waals surface area (Å²) in [5.74, 6) is 1.71. The van der Waals surface area contributed by atoms with Gasteiger partial charge < -0.3 is 44.4 Å². The lowest BCUT2D eigenvalue weighted by Crippen LogP contribution is -2.56. The number of H-pyrrole nitrogens is 1. The van der Waals surface area contributed by atoms with Crippen molar-refractivity contribution in [2.45, 2.75) is 128 Å². The third kappa shape index (κ3) is 7.86. The highest BCUT2D eigenvalue weighted by Gasteiger charge is 2.50. The molecule has 0 radical (unpaired) electrons. The summed E-state index contributed by atoms with van der Waals surface area (Å²) in [5.41, 5.74) is 8.13. The fourth-order valence-corrected chi connectivity index (χ4v) is 11.9. The summed E-state index contributed by atoms with van der Waals surface area (Å²) in [6.45, 7) is 7.61. The predicted octanol–water partition coefficient (Wildman–Crippen LogP) is 8.16. The van der Waals surface area contributed by atoms with Gasteiger partial charge in [-0.05, 0) is 127 Å². The number of methoxy groups -OCH3 is 2. The number of hydrogen-bond acceptors (Lipinski definition) is 10. The second kappa shape index (κ2) is 18.0. The number of carbonyl (C=O) groups is 4. The fourth-order valence-electron chi connectivity index (χ4n) is 11.9. The highest BCUT2D eigenvalue weighted by Crippen LogP contribution is 2.48. The Labute approximate surface area is 385 Å². The van der Waals surface area contributed by atoms with E-state index in [4.69, 9.17) is 28.9 Å². The van der Waals surface area contributed by atoms with Crippen molar-refractivity contribution in [2.24, 2.45) is 22.7 Å². The molecular weight excluding hydrogens is 839 g/mol. The molecule has 6 aliphatic rings. The van der Waals surface area contributed by atoms with E-state index in [9.17, 15) is 19.2 Å². The Bertz CT molecular complexity index is 2580. The number of carbonyl (C=O) groups excluding carboxylic acids is 4. The van der Waals surface area contributed by atoms with Crippen LogP contribution in [0.1, 0.15) is 102 Å². The van der Waals surface area contributed by atoms with E-state index in [1.54, 1.807) is 0 Å². The van der Waals surface area contributed by atoms with E-state index in [1.807, 2.05) is 24.9 Å². The van der Waals surface area contributed by atoms with E-state index in [1.165, 1.54) is 14.2 Å². The third-order valence-electron chi connectivity index (χ3n) is 15.6. The number of alkyl carbamates (subject to hydrolysis) is 2. The lowest BCUT2D eigenvalue weighted by molar-refractivity contribution is -0.139. The Balaban J connectivity index is 0.878. The minimum absolute atomic E-state index is 0.0239. The van der Waals surface area contributed by atoms with Crippen molar-refractivity contribution in [1.82, 2.24) is 30.4 Å². The number of rotatable bonds is 10. The van der Waals surface area contributed by atoms with Crippen molar-refractivity contribution in [3.8, 4) is 28.1 Å². The summed E-state index contributed by atoms with van der Waals surface area (Å²) in [6, 6.07) is 13.4. The number of likely N-dealkylation sites (tertiary alicyclic amines) is 2. The van der Waals surface area contributed by atoms with Crippen molar-refractivity contribution in [2.75, 3.05) is 27.4 Å². The highest BCUT2D eigenvalue weighted by atomic mass is 16.5. The van der Waals surface area contributed by atoms with Gasteiger partial charge in [-0.25, -0.2) is 14.6 Å². The molecule has 4 aromatic rings. The van der Waals surface area contributed by atoms with Crippen molar-refractivity contribution in [3.63, 3.8) is 0 Å². The van der Waals surface area contributed by atoms with Crippen LogP contribution in [0, 0.1) is 17.8 Å². The van der Waals surface area contributed by atoms with Gasteiger partial charge in [0, 0.05) is 43.0 Å². The summed E-state index contributed by atoms with van der Waals surface area (Å²) >= 11 is 0. The molecule has 1 saturated carbocycles. The Morgan fingerprint density at radius 2 is 1.70 bits per heavy atom. The molecule has 4 amide bonds. The second-order valence-corrected chi connectivity index (χ2v) is 19.3. The average Bonchev–Trinajstić information content (AvgIpc) is 4.20. The molecule has 4 fully saturated rings. The van der Waals surface area contributed by atoms with E-state index >= 15 is 0 Å². The van der Waals surface area contributed by atoms with Gasteiger partial charge in [0.05, 0.1) is 43.9 Å². The largest absolute Gasteiger partial charge is 0.488 e. The van der Waals surface area contributed by atoms with Gasteiger partial charge in [0.1, 0.15) is 30.3 Å². The maximum Gasteiger partial charge on any atom is 0.407 e. The zero-order valence-electron chi connectivity index (χ0n) is 38.6. The molecule has 3 N–H and O–H groups in total. The van der Waals surface area contributed by atoms with Crippen LogP contribution in [0.25, 0.3) is 33.2 Å². The van der Waals surface area contributed by atoms with Crippen LogP contribution >= 0.6 is 0 Å². The Hall–Kier alpha value is -5.96. The molecule has 348 valence electrons. The number of benzene rings is 3. The summed E-state index contributed by atoms with van der Waals surface area (Å²) < 4.78 is 22.0. The summed E-state index contributed by atoms with van der Waals surface area (Å²) in [7, 11) is 2.65. The van der Waals surface area contributed by atoms with E-state index in [-0.39, 0.29) is 47.8 Å². The second-order valence-electron chi connectivity index (χ2n) is 19.3. The average molecular weight is 900 g/mol. The highest BCUT2D eigenvalue weighted by molar-refractivity contribution is 6.07. The number of nitrogens with zero attached hydrogens (tertiary/aromatic N) is 4. The molecular formula is C51H61N7O8. The topological polar surface area (TPSA) is 177 Å². The number of aromatic nitrogens is 2. The summed E-state index contributed by atoms with van der Waals surface area (Å²) in [6.07, 6.45) is 9.02. The maximum absolute atomic E-state index is 14.5. The van der Waals surface area contributed by atoms with Crippen LogP contribution in [0.5, 0.6) is 5.75 Å². The first-order valence-corrected chi connectivity index (χ1v) is 23.9. The molecule has 1 aromatic heterocycles. The molecule has 0 unspecified atom stereocenters. The van der Waals surface area contributed by atoms with Gasteiger partial charge in [-0.1, -0.05) is 44.9 Å². The first-order valence-electron chi connectivity index (χ1n) is 23.9. The van der Waals surface area contributed by atoms with Crippen molar-refractivity contribution in [1.29, 1.82) is 0 Å². The Morgan fingerprint density at radius 3 is 2.48 bits per heavy atom. The molecule has 15 nitrogen and oxygen atoms in total. The van der Waals surface area contributed by atoms with Gasteiger partial charge in [-0.15, -0.1) is 0 Å². The van der Waals surface area contributed by atoms with Gasteiger partial charge in [0.15, 0.2) is 0 Å². The molecule has 66 heavy (non-hydrogen) atoms. The van der Waals surface area contributed by atoms with Crippen LogP contribution in [0.15, 0.2) is 53.7 Å². The van der Waals surface area contributed by atoms with E-state index in [0.29, 0.717) is 45.0 Å². The van der Waals surface area contributed by atoms with Crippen molar-refractivity contribution < 1.29 is 38.1 Å². The smallest absolute Gasteiger partial charge is 0.407 e. The van der Waals surface area contributed by atoms with Crippen LogP contribution < -0.4 is 15.4 Å². The van der Waals surface area contributed by atoms with E-state index in [2.05, 4.69) is 69.9 Å². The third-order valence-corrected chi connectivity index (χ3v) is 15.6. The predicted molar refractivity (Wildman–Crippen MR) is 248 cm³/mol. The number of amides is 4. The van der Waals surface area contributed by atoms with Crippen LogP contribution in [0.4, 0.5) is 15.3 Å². The van der Waals surface area contributed by atoms with Gasteiger partial charge >= 0.3 is 12.2 Å². The first-order chi connectivity index (χ1) is 32.0. The lowest BCUT2D eigenvalue weighted by Gasteiger charge is -2.36. The standard InChI is InChI=1S/C51H61N7O8/c1-6-27(2)45(55-50(61)63-4)48(59)58-41-9-7-8-32(41)22-43(58)39-23-36-35-24-44-37(21-30(35)12-14-38(36)53-39)34-13-11-31(20-33(34)26-66-44)40-25-52-47(54-40)42-15-10-28(3)57(42)49(60)46(56-51(62)64-5)29-16-18-65-19-17-29/h11-14,20-21,24-25,27-29,32,41-43,45-46H,6-10,15-19,22-23,26H2,1-5H3,(H,52,54)(H,55,61)(H,56,62)/t27-,28-,32-,41-,42-,43-,45-,46-/m0/s1. The fraction of sp³-hybridized carbons (Fsp3) is 0.529. The van der Waals surface area contributed by atoms with Crippen LogP contribution in [0.3, 0.4) is 0 Å². The van der Waals surface area contributed by atoms with E-state index < -0.39 is 24.3 Å². The zero-order chi connectivity index (χ0) is 45.8. The van der Waals surface area contributed by atoms with Crippen LogP contribution in [-0.4, -0.2) is 107 Å². The Morgan fingerprint density at radius 1 is 0.894 bits per heavy atom. The molecule has 6 heterocycles. The van der Waals surface area contributed by atoms with E-state index in [0.717, 1.165) is 112 Å². The SMILES string of the molecule is CC[C@H](C)[C@H](NC(=O)OC)C(=O)N1[C@H](C2=Nc3ccc4cc5c(cc4c3C2)OCc2cc(-c3cnc([C@@H]4CC[C@H](C)N4C(=O)[C@@H](NC(=O)OC)C4CCOCC4)[nH]3)ccc2-5)C[C@@H]2CCC[C@@H]21. The Kier molecular flexibility index (Phi) is 12.0. The molecule has 15 heteroatoms. The number of aromatic amines is 1. The monoisotopic (exact) mass is 899 g/mol. The minimum atomic E-state index is -0.710. The summed E-state index contributed by atoms with van der Waals surface area (Å²) in [4.78, 5) is 71.3. The number of fused-ring (bicyclic) bond motifs is 7. The zero-order valence-corrected chi connectivity index (χ0v) is 38.6.